The molecule has 0 spiro atoms. The summed E-state index contributed by atoms with van der Waals surface area (Å²) in [4.78, 5) is 11.3. The van der Waals surface area contributed by atoms with Crippen molar-refractivity contribution >= 4 is 5.78 Å². The molecule has 2 heteroatoms. The van der Waals surface area contributed by atoms with E-state index in [4.69, 9.17) is 0 Å². The van der Waals surface area contributed by atoms with Crippen molar-refractivity contribution in [1.82, 2.24) is 0 Å². The Morgan fingerprint density at radius 2 is 0.731 bits per heavy atom. The molecule has 2 nitrogen and oxygen atoms in total. The van der Waals surface area contributed by atoms with Gasteiger partial charge in [0.25, 0.3) is 0 Å². The first-order chi connectivity index (χ1) is 12.8. The minimum atomic E-state index is -0.000531. The van der Waals surface area contributed by atoms with Gasteiger partial charge in [0, 0.05) is 12.8 Å². The molecule has 2 aliphatic carbocycles. The summed E-state index contributed by atoms with van der Waals surface area (Å²) in [7, 11) is 0. The first-order valence-corrected chi connectivity index (χ1v) is 12.0. The van der Waals surface area contributed by atoms with E-state index >= 15 is 0 Å². The zero-order valence-electron chi connectivity index (χ0n) is 17.5. The Balaban J connectivity index is 0.000000260. The number of ketones is 1. The standard InChI is InChI=1S/C12H24O.C12H22O/c2*13-12-10-8-6-4-2-1-3-5-7-9-11-12/h12-13H,1-11H2;1-11H2. The van der Waals surface area contributed by atoms with Crippen LogP contribution in [0, 0.1) is 0 Å². The van der Waals surface area contributed by atoms with Gasteiger partial charge in [0.2, 0.25) is 0 Å². The van der Waals surface area contributed by atoms with Gasteiger partial charge in [0.15, 0.2) is 0 Å². The quantitative estimate of drug-likeness (QED) is 0.481. The second-order valence-corrected chi connectivity index (χ2v) is 8.63. The molecule has 2 aliphatic rings. The van der Waals surface area contributed by atoms with Crippen LogP contribution in [0.5, 0.6) is 0 Å². The zero-order valence-corrected chi connectivity index (χ0v) is 17.5. The third kappa shape index (κ3) is 15.9. The molecule has 0 bridgehead atoms. The lowest BCUT2D eigenvalue weighted by molar-refractivity contribution is -0.119. The van der Waals surface area contributed by atoms with Crippen molar-refractivity contribution in [2.45, 2.75) is 147 Å². The Morgan fingerprint density at radius 1 is 0.462 bits per heavy atom. The van der Waals surface area contributed by atoms with Crippen LogP contribution in [0.2, 0.25) is 0 Å². The van der Waals surface area contributed by atoms with Crippen molar-refractivity contribution in [1.29, 1.82) is 0 Å². The molecule has 0 saturated heterocycles. The predicted octanol–water partition coefficient (Wildman–Crippen LogP) is 7.51. The number of hydrogen-bond donors (Lipinski definition) is 1. The number of Topliss-reactive ketones (excluding diaryl/α,β-unsaturated/α-hetero) is 1. The second kappa shape index (κ2) is 18.0. The highest BCUT2D eigenvalue weighted by molar-refractivity contribution is 5.78. The summed E-state index contributed by atoms with van der Waals surface area (Å²) in [5, 5.41) is 9.59. The van der Waals surface area contributed by atoms with E-state index < -0.39 is 0 Å². The highest BCUT2D eigenvalue weighted by Gasteiger charge is 2.05. The summed E-state index contributed by atoms with van der Waals surface area (Å²) in [6, 6.07) is 0. The fourth-order valence-electron chi connectivity index (χ4n) is 4.15. The Morgan fingerprint density at radius 3 is 1.08 bits per heavy atom. The molecule has 1 N–H and O–H groups in total. The average molecular weight is 367 g/mol. The van der Waals surface area contributed by atoms with Crippen LogP contribution in [0.1, 0.15) is 141 Å². The van der Waals surface area contributed by atoms with Gasteiger partial charge in [0.05, 0.1) is 6.10 Å². The molecule has 2 rings (SSSR count). The molecule has 0 aromatic rings. The number of aliphatic hydroxyl groups is 1. The molecule has 0 heterocycles. The normalized spacial score (nSPS) is 24.0. The van der Waals surface area contributed by atoms with E-state index in [1.54, 1.807) is 0 Å². The second-order valence-electron chi connectivity index (χ2n) is 8.63. The number of rotatable bonds is 0. The minimum absolute atomic E-state index is 0.000531. The van der Waals surface area contributed by atoms with Crippen LogP contribution < -0.4 is 0 Å². The summed E-state index contributed by atoms with van der Waals surface area (Å²) in [5.74, 6) is 0.501. The van der Waals surface area contributed by atoms with E-state index in [9.17, 15) is 9.90 Å². The van der Waals surface area contributed by atoms with E-state index in [0.29, 0.717) is 5.78 Å². The van der Waals surface area contributed by atoms with Crippen LogP contribution >= 0.6 is 0 Å². The highest BCUT2D eigenvalue weighted by Crippen LogP contribution is 2.17. The molecule has 0 aromatic heterocycles. The number of hydrogen-bond acceptors (Lipinski definition) is 2. The first-order valence-electron chi connectivity index (χ1n) is 12.0. The van der Waals surface area contributed by atoms with E-state index in [2.05, 4.69) is 0 Å². The predicted molar refractivity (Wildman–Crippen MR) is 113 cm³/mol. The SMILES string of the molecule is O=C1CCCCCCCCCCC1.OC1CCCCCCCCCCC1. The van der Waals surface area contributed by atoms with Gasteiger partial charge in [-0.15, -0.1) is 0 Å². The maximum absolute atomic E-state index is 11.3. The highest BCUT2D eigenvalue weighted by atomic mass is 16.3. The monoisotopic (exact) mass is 366 g/mol. The first kappa shape index (κ1) is 23.7. The number of carbonyl (C=O) groups is 1. The molecule has 154 valence electrons. The summed E-state index contributed by atoms with van der Waals surface area (Å²) in [6.45, 7) is 0. The largest absolute Gasteiger partial charge is 0.393 e. The molecule has 2 fully saturated rings. The lowest BCUT2D eigenvalue weighted by atomic mass is 10.00. The molecule has 0 atom stereocenters. The topological polar surface area (TPSA) is 37.3 Å². The number of carbonyl (C=O) groups excluding carboxylic acids is 1. The van der Waals surface area contributed by atoms with Crippen LogP contribution in [0.15, 0.2) is 0 Å². The Bertz CT molecular complexity index is 287. The maximum Gasteiger partial charge on any atom is 0.132 e. The molecule has 0 radical (unpaired) electrons. The van der Waals surface area contributed by atoms with Crippen molar-refractivity contribution in [2.75, 3.05) is 0 Å². The van der Waals surface area contributed by atoms with Gasteiger partial charge in [-0.25, -0.2) is 0 Å². The summed E-state index contributed by atoms with van der Waals surface area (Å²) < 4.78 is 0. The fourth-order valence-corrected chi connectivity index (χ4v) is 4.15. The fraction of sp³-hybridized carbons (Fsp3) is 0.958. The summed E-state index contributed by atoms with van der Waals surface area (Å²) in [6.07, 6.45) is 27.6. The van der Waals surface area contributed by atoms with E-state index in [0.717, 1.165) is 38.5 Å². The van der Waals surface area contributed by atoms with Gasteiger partial charge >= 0.3 is 0 Å². The molecule has 2 saturated carbocycles. The third-order valence-electron chi connectivity index (χ3n) is 5.99. The molecule has 0 amide bonds. The van der Waals surface area contributed by atoms with Gasteiger partial charge in [-0.1, -0.05) is 103 Å². The van der Waals surface area contributed by atoms with Gasteiger partial charge < -0.3 is 5.11 Å². The molecule has 26 heavy (non-hydrogen) atoms. The summed E-state index contributed by atoms with van der Waals surface area (Å²) >= 11 is 0. The van der Waals surface area contributed by atoms with Crippen LogP contribution in [0.4, 0.5) is 0 Å². The van der Waals surface area contributed by atoms with Crippen LogP contribution in [-0.4, -0.2) is 17.0 Å². The lowest BCUT2D eigenvalue weighted by Crippen LogP contribution is -2.06. The van der Waals surface area contributed by atoms with Gasteiger partial charge in [-0.3, -0.25) is 4.79 Å². The smallest absolute Gasteiger partial charge is 0.132 e. The minimum Gasteiger partial charge on any atom is -0.393 e. The number of aliphatic hydroxyl groups excluding tert-OH is 1. The molecule has 0 unspecified atom stereocenters. The van der Waals surface area contributed by atoms with Crippen molar-refractivity contribution in [3.8, 4) is 0 Å². The molecule has 0 aliphatic heterocycles. The van der Waals surface area contributed by atoms with Crippen molar-refractivity contribution < 1.29 is 9.90 Å². The third-order valence-corrected chi connectivity index (χ3v) is 5.99. The zero-order chi connectivity index (χ0) is 18.7. The van der Waals surface area contributed by atoms with Gasteiger partial charge in [-0.2, -0.15) is 0 Å². The van der Waals surface area contributed by atoms with Crippen LogP contribution in [0.25, 0.3) is 0 Å². The molecule has 0 aromatic carbocycles. The van der Waals surface area contributed by atoms with E-state index in [1.165, 1.54) is 103 Å². The Hall–Kier alpha value is -0.370. The van der Waals surface area contributed by atoms with E-state index in [1.807, 2.05) is 0 Å². The molecular weight excluding hydrogens is 320 g/mol. The Kier molecular flexibility index (Phi) is 16.4. The van der Waals surface area contributed by atoms with Crippen molar-refractivity contribution in [3.63, 3.8) is 0 Å². The Labute approximate surface area is 163 Å². The van der Waals surface area contributed by atoms with Crippen molar-refractivity contribution in [3.05, 3.63) is 0 Å². The maximum atomic E-state index is 11.3. The van der Waals surface area contributed by atoms with Gasteiger partial charge in [-0.05, 0) is 25.7 Å². The van der Waals surface area contributed by atoms with Gasteiger partial charge in [0.1, 0.15) is 5.78 Å². The van der Waals surface area contributed by atoms with Crippen LogP contribution in [0.3, 0.4) is 0 Å². The lowest BCUT2D eigenvalue weighted by Gasteiger charge is -2.11. The van der Waals surface area contributed by atoms with Crippen LogP contribution in [-0.2, 0) is 4.79 Å². The van der Waals surface area contributed by atoms with E-state index in [-0.39, 0.29) is 6.10 Å². The summed E-state index contributed by atoms with van der Waals surface area (Å²) in [5.41, 5.74) is 0. The average Bonchev–Trinajstić information content (AvgIpc) is 2.61. The molecular formula is C24H46O2. The van der Waals surface area contributed by atoms with Crippen molar-refractivity contribution in [2.24, 2.45) is 0 Å².